The molecule has 164 valence electrons. The van der Waals surface area contributed by atoms with E-state index < -0.39 is 73.1 Å². The van der Waals surface area contributed by atoms with Crippen LogP contribution < -0.4 is 27.4 Å². The number of nitrogens with one attached hydrogen (secondary N) is 3. The van der Waals surface area contributed by atoms with Crippen LogP contribution in [0.2, 0.25) is 0 Å². The fraction of sp³-hybridized carbons (Fsp3) is 0.625. The highest BCUT2D eigenvalue weighted by molar-refractivity contribution is 5.95. The normalized spacial score (nSPS) is 14.6. The molecule has 0 bridgehead atoms. The zero-order chi connectivity index (χ0) is 22.7. The lowest BCUT2D eigenvalue weighted by Crippen LogP contribution is -2.55. The Labute approximate surface area is 166 Å². The Morgan fingerprint density at radius 2 is 1.52 bits per heavy atom. The lowest BCUT2D eigenvalue weighted by atomic mass is 9.99. The number of carbonyl (C=O) groups is 6. The maximum atomic E-state index is 12.2. The molecule has 29 heavy (non-hydrogen) atoms. The second kappa shape index (κ2) is 12.3. The highest BCUT2D eigenvalue weighted by Gasteiger charge is 2.29. The van der Waals surface area contributed by atoms with Gasteiger partial charge in [-0.15, -0.1) is 0 Å². The Balaban J connectivity index is 4.97. The Morgan fingerprint density at radius 1 is 0.931 bits per heavy atom. The smallest absolute Gasteiger partial charge is 0.326 e. The van der Waals surface area contributed by atoms with Crippen molar-refractivity contribution in [1.82, 2.24) is 16.0 Å². The van der Waals surface area contributed by atoms with Gasteiger partial charge >= 0.3 is 11.9 Å². The first-order valence-electron chi connectivity index (χ1n) is 8.74. The summed E-state index contributed by atoms with van der Waals surface area (Å²) < 4.78 is 0. The van der Waals surface area contributed by atoms with Crippen LogP contribution in [0.25, 0.3) is 0 Å². The van der Waals surface area contributed by atoms with Gasteiger partial charge in [0, 0.05) is 0 Å². The topological polar surface area (TPSA) is 231 Å². The quantitative estimate of drug-likeness (QED) is 0.160. The van der Waals surface area contributed by atoms with Crippen molar-refractivity contribution < 1.29 is 39.0 Å². The summed E-state index contributed by atoms with van der Waals surface area (Å²) in [4.78, 5) is 68.9. The number of carboxylic acids is 2. The van der Waals surface area contributed by atoms with Gasteiger partial charge in [0.1, 0.15) is 12.1 Å². The van der Waals surface area contributed by atoms with Crippen LogP contribution in [0.3, 0.4) is 0 Å². The van der Waals surface area contributed by atoms with E-state index >= 15 is 0 Å². The Bertz CT molecular complexity index is 653. The van der Waals surface area contributed by atoms with E-state index in [9.17, 15) is 28.8 Å². The molecule has 0 rings (SSSR count). The number of aliphatic carboxylic acids is 2. The number of amides is 4. The zero-order valence-corrected chi connectivity index (χ0v) is 16.1. The van der Waals surface area contributed by atoms with Crippen molar-refractivity contribution >= 4 is 35.6 Å². The SMILES string of the molecule is CCC(C)C(N)C(=O)NCC(=O)NC(CC(N)=O)C(=O)NC(CC(=O)O)C(=O)O. The molecule has 9 N–H and O–H groups in total. The molecule has 0 saturated heterocycles. The average molecular weight is 417 g/mol. The Morgan fingerprint density at radius 3 is 1.97 bits per heavy atom. The van der Waals surface area contributed by atoms with Crippen molar-refractivity contribution in [3.05, 3.63) is 0 Å². The van der Waals surface area contributed by atoms with Crippen LogP contribution in [0.5, 0.6) is 0 Å². The van der Waals surface area contributed by atoms with Crippen molar-refractivity contribution in [2.45, 2.75) is 51.2 Å². The van der Waals surface area contributed by atoms with Crippen LogP contribution in [0.1, 0.15) is 33.1 Å². The van der Waals surface area contributed by atoms with Gasteiger partial charge in [0.15, 0.2) is 0 Å². The van der Waals surface area contributed by atoms with E-state index in [0.29, 0.717) is 6.42 Å². The summed E-state index contributed by atoms with van der Waals surface area (Å²) in [6.07, 6.45) is -0.943. The third-order valence-electron chi connectivity index (χ3n) is 4.03. The minimum absolute atomic E-state index is 0.131. The van der Waals surface area contributed by atoms with E-state index in [0.717, 1.165) is 0 Å². The predicted octanol–water partition coefficient (Wildman–Crippen LogP) is -3.12. The third kappa shape index (κ3) is 10.0. The number of primary amides is 1. The van der Waals surface area contributed by atoms with Gasteiger partial charge in [0.25, 0.3) is 0 Å². The second-order valence-corrected chi connectivity index (χ2v) is 6.42. The Kier molecular flexibility index (Phi) is 10.9. The first-order chi connectivity index (χ1) is 13.4. The first kappa shape index (κ1) is 25.8. The van der Waals surface area contributed by atoms with Crippen molar-refractivity contribution in [3.8, 4) is 0 Å². The van der Waals surface area contributed by atoms with E-state index in [1.807, 2.05) is 12.2 Å². The molecule has 0 heterocycles. The summed E-state index contributed by atoms with van der Waals surface area (Å²) in [6.45, 7) is 3.04. The van der Waals surface area contributed by atoms with Gasteiger partial charge < -0.3 is 37.6 Å². The maximum Gasteiger partial charge on any atom is 0.326 e. The van der Waals surface area contributed by atoms with Crippen LogP contribution in [0.15, 0.2) is 0 Å². The van der Waals surface area contributed by atoms with Crippen LogP contribution in [0, 0.1) is 5.92 Å². The number of carboxylic acid groups (broad SMARTS) is 2. The summed E-state index contributed by atoms with van der Waals surface area (Å²) in [5, 5.41) is 24.0. The predicted molar refractivity (Wildman–Crippen MR) is 98.0 cm³/mol. The molecule has 0 fully saturated rings. The molecule has 4 unspecified atom stereocenters. The van der Waals surface area contributed by atoms with E-state index in [-0.39, 0.29) is 5.92 Å². The third-order valence-corrected chi connectivity index (χ3v) is 4.03. The van der Waals surface area contributed by atoms with E-state index in [2.05, 4.69) is 10.6 Å². The van der Waals surface area contributed by atoms with E-state index in [1.165, 1.54) is 0 Å². The fourth-order valence-corrected chi connectivity index (χ4v) is 2.10. The van der Waals surface area contributed by atoms with E-state index in [1.54, 1.807) is 6.92 Å². The number of hydrogen-bond acceptors (Lipinski definition) is 7. The van der Waals surface area contributed by atoms with Crippen LogP contribution in [0.4, 0.5) is 0 Å². The monoisotopic (exact) mass is 417 g/mol. The molecule has 13 heteroatoms. The van der Waals surface area contributed by atoms with Crippen LogP contribution in [-0.4, -0.2) is 70.5 Å². The molecule has 0 aromatic heterocycles. The molecule has 0 saturated carbocycles. The van der Waals surface area contributed by atoms with Crippen LogP contribution in [-0.2, 0) is 28.8 Å². The van der Waals surface area contributed by atoms with Gasteiger partial charge in [-0.3, -0.25) is 24.0 Å². The first-order valence-corrected chi connectivity index (χ1v) is 8.74. The molecular formula is C16H27N5O8. The molecule has 0 radical (unpaired) electrons. The number of rotatable bonds is 13. The van der Waals surface area contributed by atoms with Crippen molar-refractivity contribution in [1.29, 1.82) is 0 Å². The molecule has 4 atom stereocenters. The summed E-state index contributed by atoms with van der Waals surface area (Å²) in [6, 6.07) is -4.18. The largest absolute Gasteiger partial charge is 0.481 e. The summed E-state index contributed by atoms with van der Waals surface area (Å²) in [5.74, 6) is -6.76. The van der Waals surface area contributed by atoms with Gasteiger partial charge in [0.2, 0.25) is 23.6 Å². The van der Waals surface area contributed by atoms with Crippen molar-refractivity contribution in [2.24, 2.45) is 17.4 Å². The van der Waals surface area contributed by atoms with Gasteiger partial charge in [-0.1, -0.05) is 20.3 Å². The molecule has 4 amide bonds. The fourth-order valence-electron chi connectivity index (χ4n) is 2.10. The highest BCUT2D eigenvalue weighted by Crippen LogP contribution is 2.04. The minimum atomic E-state index is -1.78. The molecule has 0 aromatic carbocycles. The Hall–Kier alpha value is -3.22. The van der Waals surface area contributed by atoms with Crippen molar-refractivity contribution in [2.75, 3.05) is 6.54 Å². The maximum absolute atomic E-state index is 12.2. The lowest BCUT2D eigenvalue weighted by Gasteiger charge is -2.21. The molecule has 0 aliphatic carbocycles. The molecule has 0 aliphatic heterocycles. The molecule has 0 spiro atoms. The summed E-state index contributed by atoms with van der Waals surface area (Å²) >= 11 is 0. The minimum Gasteiger partial charge on any atom is -0.481 e. The van der Waals surface area contributed by atoms with Crippen molar-refractivity contribution in [3.63, 3.8) is 0 Å². The number of carbonyl (C=O) groups excluding carboxylic acids is 4. The van der Waals surface area contributed by atoms with Gasteiger partial charge in [0.05, 0.1) is 25.4 Å². The lowest BCUT2D eigenvalue weighted by molar-refractivity contribution is -0.147. The molecule has 13 nitrogen and oxygen atoms in total. The average Bonchev–Trinajstić information content (AvgIpc) is 2.62. The van der Waals surface area contributed by atoms with Crippen LogP contribution >= 0.6 is 0 Å². The zero-order valence-electron chi connectivity index (χ0n) is 16.1. The highest BCUT2D eigenvalue weighted by atomic mass is 16.4. The number of hydrogen-bond donors (Lipinski definition) is 7. The number of nitrogens with two attached hydrogens (primary N) is 2. The standard InChI is InChI=1S/C16H27N5O8/c1-3-7(2)13(18)15(27)19-6-11(23)20-8(4-10(17)22)14(26)21-9(16(28)29)5-12(24)25/h7-9,13H,3-6,18H2,1-2H3,(H2,17,22)(H,19,27)(H,20,23)(H,21,26)(H,24,25)(H,28,29). The molecule has 0 aliphatic rings. The summed E-state index contributed by atoms with van der Waals surface area (Å²) in [5.41, 5.74) is 10.7. The molecular weight excluding hydrogens is 390 g/mol. The van der Waals surface area contributed by atoms with Gasteiger partial charge in [-0.25, -0.2) is 4.79 Å². The molecule has 0 aromatic rings. The second-order valence-electron chi connectivity index (χ2n) is 6.42. The van der Waals surface area contributed by atoms with Gasteiger partial charge in [-0.05, 0) is 5.92 Å². The van der Waals surface area contributed by atoms with E-state index in [4.69, 9.17) is 21.7 Å². The van der Waals surface area contributed by atoms with Gasteiger partial charge in [-0.2, -0.15) is 0 Å². The summed E-state index contributed by atoms with van der Waals surface area (Å²) in [7, 11) is 0.